The second kappa shape index (κ2) is 3.23. The molecule has 1 aromatic heterocycles. The van der Waals surface area contributed by atoms with Gasteiger partial charge in [-0.3, -0.25) is 4.98 Å². The molecule has 1 aromatic rings. The Morgan fingerprint density at radius 2 is 2.42 bits per heavy atom. The molecule has 0 amide bonds. The lowest BCUT2D eigenvalue weighted by molar-refractivity contribution is 0.644. The average Bonchev–Trinajstić information content (AvgIpc) is 2.58. The molecule has 0 unspecified atom stereocenters. The van der Waals surface area contributed by atoms with Crippen molar-refractivity contribution in [2.24, 2.45) is 0 Å². The zero-order valence-corrected chi connectivity index (χ0v) is 7.38. The third-order valence-corrected chi connectivity index (χ3v) is 2.40. The molecule has 0 aromatic carbocycles. The SMILES string of the molecule is Cc1ccc([C@H]2CCCN2)cn1. The normalized spacial score (nSPS) is 22.9. The minimum atomic E-state index is 0.554. The Hall–Kier alpha value is -0.890. The molecule has 2 heteroatoms. The van der Waals surface area contributed by atoms with Crippen molar-refractivity contribution in [3.63, 3.8) is 0 Å². The first-order valence-electron chi connectivity index (χ1n) is 4.52. The van der Waals surface area contributed by atoms with Crippen LogP contribution in [0.3, 0.4) is 0 Å². The minimum absolute atomic E-state index is 0.554. The van der Waals surface area contributed by atoms with Gasteiger partial charge >= 0.3 is 0 Å². The third kappa shape index (κ3) is 1.48. The van der Waals surface area contributed by atoms with Crippen molar-refractivity contribution in [2.75, 3.05) is 6.54 Å². The largest absolute Gasteiger partial charge is 0.310 e. The fourth-order valence-electron chi connectivity index (χ4n) is 1.65. The lowest BCUT2D eigenvalue weighted by Gasteiger charge is -2.09. The van der Waals surface area contributed by atoms with Crippen LogP contribution >= 0.6 is 0 Å². The van der Waals surface area contributed by atoms with Crippen molar-refractivity contribution >= 4 is 0 Å². The topological polar surface area (TPSA) is 24.9 Å². The molecule has 0 spiro atoms. The van der Waals surface area contributed by atoms with E-state index >= 15 is 0 Å². The van der Waals surface area contributed by atoms with Crippen molar-refractivity contribution in [1.82, 2.24) is 10.3 Å². The first-order chi connectivity index (χ1) is 5.86. The van der Waals surface area contributed by atoms with Gasteiger partial charge in [0.25, 0.3) is 0 Å². The molecule has 2 rings (SSSR count). The van der Waals surface area contributed by atoms with Gasteiger partial charge < -0.3 is 5.32 Å². The summed E-state index contributed by atoms with van der Waals surface area (Å²) in [4.78, 5) is 4.28. The highest BCUT2D eigenvalue weighted by atomic mass is 14.9. The Kier molecular flexibility index (Phi) is 2.09. The van der Waals surface area contributed by atoms with Crippen LogP contribution in [0.15, 0.2) is 18.3 Å². The number of aromatic nitrogens is 1. The van der Waals surface area contributed by atoms with Gasteiger partial charge in [-0.05, 0) is 37.9 Å². The van der Waals surface area contributed by atoms with Crippen molar-refractivity contribution in [2.45, 2.75) is 25.8 Å². The Balaban J connectivity index is 2.17. The van der Waals surface area contributed by atoms with Gasteiger partial charge in [-0.1, -0.05) is 6.07 Å². The van der Waals surface area contributed by atoms with Gasteiger partial charge in [0.15, 0.2) is 0 Å². The highest BCUT2D eigenvalue weighted by Crippen LogP contribution is 2.21. The molecule has 2 heterocycles. The van der Waals surface area contributed by atoms with Gasteiger partial charge in [0.2, 0.25) is 0 Å². The summed E-state index contributed by atoms with van der Waals surface area (Å²) >= 11 is 0. The van der Waals surface area contributed by atoms with Crippen molar-refractivity contribution in [3.05, 3.63) is 29.6 Å². The van der Waals surface area contributed by atoms with Gasteiger partial charge in [0.05, 0.1) is 0 Å². The van der Waals surface area contributed by atoms with E-state index in [0.29, 0.717) is 6.04 Å². The molecular formula is C10H14N2. The predicted molar refractivity (Wildman–Crippen MR) is 49.0 cm³/mol. The van der Waals surface area contributed by atoms with Crippen LogP contribution in [0.25, 0.3) is 0 Å². The third-order valence-electron chi connectivity index (χ3n) is 2.40. The Morgan fingerprint density at radius 1 is 1.50 bits per heavy atom. The minimum Gasteiger partial charge on any atom is -0.310 e. The molecular weight excluding hydrogens is 148 g/mol. The zero-order chi connectivity index (χ0) is 8.39. The number of nitrogens with zero attached hydrogens (tertiary/aromatic N) is 1. The first-order valence-corrected chi connectivity index (χ1v) is 4.52. The Morgan fingerprint density at radius 3 is 3.00 bits per heavy atom. The summed E-state index contributed by atoms with van der Waals surface area (Å²) in [7, 11) is 0. The van der Waals surface area contributed by atoms with Crippen molar-refractivity contribution < 1.29 is 0 Å². The standard InChI is InChI=1S/C10H14N2/c1-8-4-5-9(7-12-8)10-3-2-6-11-10/h4-5,7,10-11H,2-3,6H2,1H3/t10-/m1/s1. The van der Waals surface area contributed by atoms with Crippen LogP contribution in [0.1, 0.15) is 30.1 Å². The number of aryl methyl sites for hydroxylation is 1. The monoisotopic (exact) mass is 162 g/mol. The summed E-state index contributed by atoms with van der Waals surface area (Å²) in [5, 5.41) is 3.45. The van der Waals surface area contributed by atoms with E-state index in [1.54, 1.807) is 0 Å². The van der Waals surface area contributed by atoms with Gasteiger partial charge in [0.1, 0.15) is 0 Å². The molecule has 1 aliphatic rings. The molecule has 0 saturated carbocycles. The molecule has 1 saturated heterocycles. The molecule has 1 N–H and O–H groups in total. The summed E-state index contributed by atoms with van der Waals surface area (Å²) in [5.74, 6) is 0. The van der Waals surface area contributed by atoms with E-state index < -0.39 is 0 Å². The van der Waals surface area contributed by atoms with Crippen LogP contribution in [0.4, 0.5) is 0 Å². The number of nitrogens with one attached hydrogen (secondary N) is 1. The molecule has 1 aliphatic heterocycles. The van der Waals surface area contributed by atoms with Crippen LogP contribution in [0.2, 0.25) is 0 Å². The number of hydrogen-bond donors (Lipinski definition) is 1. The Labute approximate surface area is 73.0 Å². The Bertz CT molecular complexity index is 247. The first kappa shape index (κ1) is 7.74. The fourth-order valence-corrected chi connectivity index (χ4v) is 1.65. The summed E-state index contributed by atoms with van der Waals surface area (Å²) in [6.45, 7) is 3.17. The second-order valence-electron chi connectivity index (χ2n) is 3.38. The molecule has 1 fully saturated rings. The van der Waals surface area contributed by atoms with Gasteiger partial charge in [-0.2, -0.15) is 0 Å². The summed E-state index contributed by atoms with van der Waals surface area (Å²) < 4.78 is 0. The molecule has 0 aliphatic carbocycles. The molecule has 1 atom stereocenters. The number of rotatable bonds is 1. The maximum absolute atomic E-state index is 4.28. The summed E-state index contributed by atoms with van der Waals surface area (Å²) in [6.07, 6.45) is 4.53. The fraction of sp³-hybridized carbons (Fsp3) is 0.500. The molecule has 2 nitrogen and oxygen atoms in total. The van der Waals surface area contributed by atoms with E-state index in [1.807, 2.05) is 13.1 Å². The summed E-state index contributed by atoms with van der Waals surface area (Å²) in [5.41, 5.74) is 2.43. The average molecular weight is 162 g/mol. The van der Waals surface area contributed by atoms with E-state index in [4.69, 9.17) is 0 Å². The van der Waals surface area contributed by atoms with Crippen LogP contribution in [-0.4, -0.2) is 11.5 Å². The van der Waals surface area contributed by atoms with Gasteiger partial charge in [-0.25, -0.2) is 0 Å². The molecule has 64 valence electrons. The summed E-state index contributed by atoms with van der Waals surface area (Å²) in [6, 6.07) is 4.80. The van der Waals surface area contributed by atoms with Crippen LogP contribution in [-0.2, 0) is 0 Å². The number of hydrogen-bond acceptors (Lipinski definition) is 2. The van der Waals surface area contributed by atoms with Crippen molar-refractivity contribution in [3.8, 4) is 0 Å². The predicted octanol–water partition coefficient (Wildman–Crippen LogP) is 1.81. The number of pyridine rings is 1. The molecule has 0 bridgehead atoms. The highest BCUT2D eigenvalue weighted by molar-refractivity contribution is 5.17. The van der Waals surface area contributed by atoms with Crippen LogP contribution in [0.5, 0.6) is 0 Å². The van der Waals surface area contributed by atoms with Gasteiger partial charge in [-0.15, -0.1) is 0 Å². The quantitative estimate of drug-likeness (QED) is 0.681. The van der Waals surface area contributed by atoms with Crippen LogP contribution < -0.4 is 5.32 Å². The lowest BCUT2D eigenvalue weighted by Crippen LogP contribution is -2.12. The lowest BCUT2D eigenvalue weighted by atomic mass is 10.1. The van der Waals surface area contributed by atoms with Gasteiger partial charge in [0, 0.05) is 17.9 Å². The van der Waals surface area contributed by atoms with E-state index in [0.717, 1.165) is 12.2 Å². The van der Waals surface area contributed by atoms with E-state index in [9.17, 15) is 0 Å². The van der Waals surface area contributed by atoms with E-state index in [2.05, 4.69) is 22.4 Å². The van der Waals surface area contributed by atoms with E-state index in [1.165, 1.54) is 18.4 Å². The van der Waals surface area contributed by atoms with Crippen LogP contribution in [0, 0.1) is 6.92 Å². The molecule has 12 heavy (non-hydrogen) atoms. The van der Waals surface area contributed by atoms with E-state index in [-0.39, 0.29) is 0 Å². The smallest absolute Gasteiger partial charge is 0.0372 e. The van der Waals surface area contributed by atoms with Crippen molar-refractivity contribution in [1.29, 1.82) is 0 Å². The maximum atomic E-state index is 4.28. The maximum Gasteiger partial charge on any atom is 0.0372 e. The second-order valence-corrected chi connectivity index (χ2v) is 3.38. The highest BCUT2D eigenvalue weighted by Gasteiger charge is 2.15. The molecule has 0 radical (unpaired) electrons. The zero-order valence-electron chi connectivity index (χ0n) is 7.38.